The standard InChI is InChI=1S/C20H27N5O.HI/c1-21-20(24-14-17-7-5-6-11-22-17)23-13-16-10-12-25(15-16)18-8-3-4-9-19(18)26-2;/h3-9,11,16H,10,12-15H2,1-2H3,(H2,21,23,24);1H. The molecular weight excluding hydrogens is 453 g/mol. The fourth-order valence-electron chi connectivity index (χ4n) is 3.25. The number of nitrogens with one attached hydrogen (secondary N) is 2. The van der Waals surface area contributed by atoms with E-state index >= 15 is 0 Å². The van der Waals surface area contributed by atoms with E-state index in [0.29, 0.717) is 12.5 Å². The van der Waals surface area contributed by atoms with Gasteiger partial charge >= 0.3 is 0 Å². The molecule has 0 saturated carbocycles. The second-order valence-corrected chi connectivity index (χ2v) is 6.40. The van der Waals surface area contributed by atoms with Crippen molar-refractivity contribution in [1.82, 2.24) is 15.6 Å². The lowest BCUT2D eigenvalue weighted by atomic mass is 10.1. The van der Waals surface area contributed by atoms with Gasteiger partial charge in [0.05, 0.1) is 25.0 Å². The van der Waals surface area contributed by atoms with Crippen LogP contribution in [0.2, 0.25) is 0 Å². The molecule has 6 nitrogen and oxygen atoms in total. The van der Waals surface area contributed by atoms with E-state index in [1.165, 1.54) is 5.69 Å². The largest absolute Gasteiger partial charge is 0.495 e. The summed E-state index contributed by atoms with van der Waals surface area (Å²) >= 11 is 0. The molecule has 2 aromatic rings. The molecule has 1 saturated heterocycles. The number of aromatic nitrogens is 1. The second kappa shape index (κ2) is 11.0. The lowest BCUT2D eigenvalue weighted by Crippen LogP contribution is -2.40. The van der Waals surface area contributed by atoms with Gasteiger partial charge in [-0.05, 0) is 36.6 Å². The molecule has 0 bridgehead atoms. The van der Waals surface area contributed by atoms with Crippen molar-refractivity contribution in [3.8, 4) is 5.75 Å². The summed E-state index contributed by atoms with van der Waals surface area (Å²) in [6.07, 6.45) is 2.96. The molecule has 146 valence electrons. The molecule has 27 heavy (non-hydrogen) atoms. The van der Waals surface area contributed by atoms with Crippen LogP contribution in [0.25, 0.3) is 0 Å². The number of hydrogen-bond acceptors (Lipinski definition) is 4. The number of guanidine groups is 1. The average Bonchev–Trinajstić information content (AvgIpc) is 3.17. The van der Waals surface area contributed by atoms with E-state index in [-0.39, 0.29) is 24.0 Å². The normalized spacial score (nSPS) is 16.6. The van der Waals surface area contributed by atoms with Gasteiger partial charge in [-0.3, -0.25) is 9.98 Å². The highest BCUT2D eigenvalue weighted by Crippen LogP contribution is 2.31. The SMILES string of the molecule is CN=C(NCc1ccccn1)NCC1CCN(c2ccccc2OC)C1.I. The molecule has 3 rings (SSSR count). The van der Waals surface area contributed by atoms with Crippen molar-refractivity contribution in [1.29, 1.82) is 0 Å². The summed E-state index contributed by atoms with van der Waals surface area (Å²) in [4.78, 5) is 11.0. The van der Waals surface area contributed by atoms with Gasteiger partial charge in [-0.1, -0.05) is 18.2 Å². The number of pyridine rings is 1. The van der Waals surface area contributed by atoms with Crippen LogP contribution in [-0.2, 0) is 6.54 Å². The predicted octanol–water partition coefficient (Wildman–Crippen LogP) is 2.90. The van der Waals surface area contributed by atoms with E-state index in [0.717, 1.165) is 43.5 Å². The van der Waals surface area contributed by atoms with E-state index in [9.17, 15) is 0 Å². The summed E-state index contributed by atoms with van der Waals surface area (Å²) < 4.78 is 5.49. The van der Waals surface area contributed by atoms with Crippen molar-refractivity contribution in [3.63, 3.8) is 0 Å². The second-order valence-electron chi connectivity index (χ2n) is 6.40. The highest BCUT2D eigenvalue weighted by atomic mass is 127. The Balaban J connectivity index is 0.00000261. The molecule has 0 spiro atoms. The topological polar surface area (TPSA) is 61.8 Å². The van der Waals surface area contributed by atoms with Crippen molar-refractivity contribution < 1.29 is 4.74 Å². The fourth-order valence-corrected chi connectivity index (χ4v) is 3.25. The average molecular weight is 481 g/mol. The lowest BCUT2D eigenvalue weighted by molar-refractivity contribution is 0.414. The number of hydrogen-bond donors (Lipinski definition) is 2. The summed E-state index contributed by atoms with van der Waals surface area (Å²) in [6.45, 7) is 3.63. The Bertz CT molecular complexity index is 725. The van der Waals surface area contributed by atoms with Gasteiger partial charge in [-0.15, -0.1) is 24.0 Å². The molecule has 0 aliphatic carbocycles. The molecule has 1 aromatic carbocycles. The Morgan fingerprint density at radius 1 is 1.22 bits per heavy atom. The molecule has 7 heteroatoms. The van der Waals surface area contributed by atoms with Crippen LogP contribution in [-0.4, -0.2) is 44.7 Å². The van der Waals surface area contributed by atoms with E-state index in [4.69, 9.17) is 4.74 Å². The van der Waals surface area contributed by atoms with Crippen LogP contribution in [0.3, 0.4) is 0 Å². The fraction of sp³-hybridized carbons (Fsp3) is 0.400. The van der Waals surface area contributed by atoms with Crippen LogP contribution < -0.4 is 20.3 Å². The van der Waals surface area contributed by atoms with Gasteiger partial charge in [0.25, 0.3) is 0 Å². The zero-order valence-electron chi connectivity index (χ0n) is 15.9. The van der Waals surface area contributed by atoms with Crippen LogP contribution in [0.4, 0.5) is 5.69 Å². The first-order chi connectivity index (χ1) is 12.8. The maximum atomic E-state index is 5.49. The number of methoxy groups -OCH3 is 1. The van der Waals surface area contributed by atoms with Crippen molar-refractivity contribution >= 4 is 35.6 Å². The first-order valence-electron chi connectivity index (χ1n) is 9.02. The predicted molar refractivity (Wildman–Crippen MR) is 121 cm³/mol. The lowest BCUT2D eigenvalue weighted by Gasteiger charge is -2.21. The van der Waals surface area contributed by atoms with Gasteiger partial charge in [-0.2, -0.15) is 0 Å². The van der Waals surface area contributed by atoms with Gasteiger partial charge in [0, 0.05) is 32.9 Å². The summed E-state index contributed by atoms with van der Waals surface area (Å²) in [5.41, 5.74) is 2.17. The Hall–Kier alpha value is -2.03. The Morgan fingerprint density at radius 3 is 2.78 bits per heavy atom. The van der Waals surface area contributed by atoms with Crippen LogP contribution >= 0.6 is 24.0 Å². The molecule has 1 fully saturated rings. The van der Waals surface area contributed by atoms with Crippen molar-refractivity contribution in [2.24, 2.45) is 10.9 Å². The molecule has 2 N–H and O–H groups in total. The van der Waals surface area contributed by atoms with Crippen molar-refractivity contribution in [2.75, 3.05) is 38.7 Å². The first kappa shape index (κ1) is 21.3. The van der Waals surface area contributed by atoms with Crippen LogP contribution in [0, 0.1) is 5.92 Å². The molecule has 1 aliphatic heterocycles. The zero-order valence-corrected chi connectivity index (χ0v) is 18.2. The third kappa shape index (κ3) is 5.98. The third-order valence-corrected chi connectivity index (χ3v) is 4.66. The maximum absolute atomic E-state index is 5.49. The Labute approximate surface area is 178 Å². The van der Waals surface area contributed by atoms with E-state index in [1.807, 2.05) is 30.3 Å². The summed E-state index contributed by atoms with van der Waals surface area (Å²) in [5.74, 6) is 2.33. The smallest absolute Gasteiger partial charge is 0.191 e. The minimum atomic E-state index is 0. The van der Waals surface area contributed by atoms with Crippen LogP contribution in [0.1, 0.15) is 12.1 Å². The van der Waals surface area contributed by atoms with Crippen molar-refractivity contribution in [2.45, 2.75) is 13.0 Å². The van der Waals surface area contributed by atoms with Crippen LogP contribution in [0.5, 0.6) is 5.75 Å². The van der Waals surface area contributed by atoms with Gasteiger partial charge in [0.1, 0.15) is 5.75 Å². The molecule has 0 radical (unpaired) electrons. The van der Waals surface area contributed by atoms with Gasteiger partial charge in [0.15, 0.2) is 5.96 Å². The van der Waals surface area contributed by atoms with E-state index < -0.39 is 0 Å². The summed E-state index contributed by atoms with van der Waals surface area (Å²) in [7, 11) is 3.52. The minimum Gasteiger partial charge on any atom is -0.495 e. The van der Waals surface area contributed by atoms with Crippen LogP contribution in [0.15, 0.2) is 53.7 Å². The number of benzene rings is 1. The number of nitrogens with zero attached hydrogens (tertiary/aromatic N) is 3. The third-order valence-electron chi connectivity index (χ3n) is 4.66. The molecule has 2 heterocycles. The minimum absolute atomic E-state index is 0. The number of ether oxygens (including phenoxy) is 1. The molecule has 0 amide bonds. The molecule has 1 unspecified atom stereocenters. The first-order valence-corrected chi connectivity index (χ1v) is 9.02. The maximum Gasteiger partial charge on any atom is 0.191 e. The molecule has 1 aromatic heterocycles. The zero-order chi connectivity index (χ0) is 18.2. The number of anilines is 1. The Kier molecular flexibility index (Phi) is 8.63. The van der Waals surface area contributed by atoms with Gasteiger partial charge in [-0.25, -0.2) is 0 Å². The summed E-state index contributed by atoms with van der Waals surface area (Å²) in [5, 5.41) is 6.75. The van der Waals surface area contributed by atoms with E-state index in [1.54, 1.807) is 20.4 Å². The molecule has 1 atom stereocenters. The molecule has 1 aliphatic rings. The monoisotopic (exact) mass is 481 g/mol. The molecular formula is C20H28IN5O. The summed E-state index contributed by atoms with van der Waals surface area (Å²) in [6, 6.07) is 14.1. The van der Waals surface area contributed by atoms with Gasteiger partial charge in [0.2, 0.25) is 0 Å². The number of rotatable bonds is 6. The van der Waals surface area contributed by atoms with Gasteiger partial charge < -0.3 is 20.3 Å². The van der Waals surface area contributed by atoms with E-state index in [2.05, 4.69) is 37.6 Å². The quantitative estimate of drug-likeness (QED) is 0.378. The number of aliphatic imine (C=N–C) groups is 1. The Morgan fingerprint density at radius 2 is 2.04 bits per heavy atom. The number of para-hydroxylation sites is 2. The highest BCUT2D eigenvalue weighted by Gasteiger charge is 2.24. The van der Waals surface area contributed by atoms with Crippen molar-refractivity contribution in [3.05, 3.63) is 54.4 Å². The highest BCUT2D eigenvalue weighted by molar-refractivity contribution is 14.0. The number of halogens is 1.